The van der Waals surface area contributed by atoms with Crippen LogP contribution in [0, 0.1) is 40.4 Å². The molecule has 0 N–H and O–H groups in total. The minimum absolute atomic E-state index is 0.0243. The minimum atomic E-state index is 0.0243. The average Bonchev–Trinajstić information content (AvgIpc) is 2.77. The SMILES string of the molecule is C[C@@H]1CC2=CC[C@@H]3[C@H](CC[C@]4(C)C(=O)CC[C@@H]34)[C@@]2(C)C[C@H]1C. The number of allylic oxidation sites excluding steroid dienone is 2. The summed E-state index contributed by atoms with van der Waals surface area (Å²) in [4.78, 5) is 12.4. The molecule has 4 aliphatic rings. The lowest BCUT2D eigenvalue weighted by atomic mass is 9.46. The molecule has 0 bridgehead atoms. The van der Waals surface area contributed by atoms with E-state index >= 15 is 0 Å². The molecular weight excluding hydrogens is 268 g/mol. The molecule has 0 unspecified atom stereocenters. The first-order chi connectivity index (χ1) is 10.4. The maximum absolute atomic E-state index is 12.4. The van der Waals surface area contributed by atoms with Crippen LogP contribution in [0.4, 0.5) is 0 Å². The van der Waals surface area contributed by atoms with Crippen molar-refractivity contribution >= 4 is 5.78 Å². The van der Waals surface area contributed by atoms with E-state index in [-0.39, 0.29) is 5.41 Å². The molecule has 1 nitrogen and oxygen atoms in total. The zero-order valence-corrected chi connectivity index (χ0v) is 14.8. The van der Waals surface area contributed by atoms with Gasteiger partial charge in [-0.15, -0.1) is 0 Å². The molecule has 0 saturated heterocycles. The van der Waals surface area contributed by atoms with Gasteiger partial charge in [-0.1, -0.05) is 39.3 Å². The van der Waals surface area contributed by atoms with E-state index in [1.165, 1.54) is 32.1 Å². The van der Waals surface area contributed by atoms with Gasteiger partial charge < -0.3 is 0 Å². The number of hydrogen-bond acceptors (Lipinski definition) is 1. The lowest BCUT2D eigenvalue weighted by Crippen LogP contribution is -2.51. The van der Waals surface area contributed by atoms with Crippen molar-refractivity contribution in [1.82, 2.24) is 0 Å². The molecular formula is C21H32O. The van der Waals surface area contributed by atoms with Gasteiger partial charge in [0.2, 0.25) is 0 Å². The number of hydrogen-bond donors (Lipinski definition) is 0. The van der Waals surface area contributed by atoms with Crippen LogP contribution in [0.2, 0.25) is 0 Å². The van der Waals surface area contributed by atoms with E-state index in [9.17, 15) is 4.79 Å². The van der Waals surface area contributed by atoms with Crippen molar-refractivity contribution in [2.75, 3.05) is 0 Å². The van der Waals surface area contributed by atoms with Gasteiger partial charge in [-0.3, -0.25) is 4.79 Å². The van der Waals surface area contributed by atoms with E-state index in [2.05, 4.69) is 33.8 Å². The van der Waals surface area contributed by atoms with Crippen LogP contribution in [0.25, 0.3) is 0 Å². The van der Waals surface area contributed by atoms with Crippen molar-refractivity contribution in [2.45, 2.75) is 72.6 Å². The first-order valence-corrected chi connectivity index (χ1v) is 9.59. The fraction of sp³-hybridized carbons (Fsp3) is 0.857. The number of ketones is 1. The van der Waals surface area contributed by atoms with E-state index in [1.807, 2.05) is 0 Å². The summed E-state index contributed by atoms with van der Waals surface area (Å²) in [5.41, 5.74) is 2.23. The lowest BCUT2D eigenvalue weighted by Gasteiger charge is -2.58. The predicted molar refractivity (Wildman–Crippen MR) is 90.4 cm³/mol. The van der Waals surface area contributed by atoms with E-state index in [4.69, 9.17) is 0 Å². The molecule has 4 aliphatic carbocycles. The van der Waals surface area contributed by atoms with Crippen molar-refractivity contribution < 1.29 is 4.79 Å². The smallest absolute Gasteiger partial charge is 0.139 e. The van der Waals surface area contributed by atoms with Crippen LogP contribution in [0.15, 0.2) is 11.6 Å². The van der Waals surface area contributed by atoms with Crippen molar-refractivity contribution in [3.05, 3.63) is 11.6 Å². The second-order valence-electron chi connectivity index (χ2n) is 9.54. The van der Waals surface area contributed by atoms with Crippen LogP contribution in [-0.4, -0.2) is 5.78 Å². The Morgan fingerprint density at radius 2 is 1.77 bits per heavy atom. The summed E-state index contributed by atoms with van der Waals surface area (Å²) in [6.07, 6.45) is 11.0. The highest BCUT2D eigenvalue weighted by molar-refractivity contribution is 5.87. The fourth-order valence-electron chi connectivity index (χ4n) is 6.95. The Morgan fingerprint density at radius 3 is 2.55 bits per heavy atom. The zero-order valence-electron chi connectivity index (χ0n) is 14.8. The zero-order chi connectivity index (χ0) is 15.7. The summed E-state index contributed by atoms with van der Waals surface area (Å²) < 4.78 is 0. The van der Waals surface area contributed by atoms with Gasteiger partial charge in [0, 0.05) is 11.8 Å². The maximum Gasteiger partial charge on any atom is 0.139 e. The summed E-state index contributed by atoms with van der Waals surface area (Å²) in [7, 11) is 0. The first-order valence-electron chi connectivity index (χ1n) is 9.59. The maximum atomic E-state index is 12.4. The average molecular weight is 300 g/mol. The molecule has 0 aromatic rings. The van der Waals surface area contributed by atoms with E-state index in [0.29, 0.717) is 17.1 Å². The third-order valence-electron chi connectivity index (χ3n) is 8.59. The molecule has 0 radical (unpaired) electrons. The molecule has 122 valence electrons. The largest absolute Gasteiger partial charge is 0.299 e. The highest BCUT2D eigenvalue weighted by Crippen LogP contribution is 2.64. The van der Waals surface area contributed by atoms with E-state index in [1.54, 1.807) is 5.57 Å². The van der Waals surface area contributed by atoms with Gasteiger partial charge in [0.25, 0.3) is 0 Å². The minimum Gasteiger partial charge on any atom is -0.299 e. The molecule has 3 saturated carbocycles. The molecule has 0 heterocycles. The molecule has 22 heavy (non-hydrogen) atoms. The summed E-state index contributed by atoms with van der Waals surface area (Å²) in [6, 6.07) is 0. The standard InChI is InChI=1S/C21H32O/c1-13-11-15-5-6-16-17-7-8-19(22)20(17,3)10-9-18(16)21(15,4)12-14(13)2/h5,13-14,16-18H,6-12H2,1-4H3/t13-,14-,16+,17+,18+,20+,21+/m1/s1. The van der Waals surface area contributed by atoms with Crippen LogP contribution in [0.5, 0.6) is 0 Å². The quantitative estimate of drug-likeness (QED) is 0.547. The Balaban J connectivity index is 1.70. The van der Waals surface area contributed by atoms with Crippen molar-refractivity contribution in [2.24, 2.45) is 40.4 Å². The highest BCUT2D eigenvalue weighted by Gasteiger charge is 2.58. The van der Waals surface area contributed by atoms with Gasteiger partial charge in [0.05, 0.1) is 0 Å². The summed E-state index contributed by atoms with van der Waals surface area (Å²) in [5.74, 6) is 4.55. The third kappa shape index (κ3) is 1.80. The van der Waals surface area contributed by atoms with Crippen LogP contribution >= 0.6 is 0 Å². The van der Waals surface area contributed by atoms with Crippen LogP contribution < -0.4 is 0 Å². The second kappa shape index (κ2) is 4.71. The Bertz CT molecular complexity index is 532. The summed E-state index contributed by atoms with van der Waals surface area (Å²) >= 11 is 0. The topological polar surface area (TPSA) is 17.1 Å². The molecule has 1 heteroatoms. The normalized spacial score (nSPS) is 54.3. The van der Waals surface area contributed by atoms with Crippen LogP contribution in [-0.2, 0) is 4.79 Å². The molecule has 0 spiro atoms. The fourth-order valence-corrected chi connectivity index (χ4v) is 6.95. The van der Waals surface area contributed by atoms with E-state index < -0.39 is 0 Å². The number of carbonyl (C=O) groups excluding carboxylic acids is 1. The number of carbonyl (C=O) groups is 1. The molecule has 0 amide bonds. The number of fused-ring (bicyclic) bond motifs is 5. The van der Waals surface area contributed by atoms with Gasteiger partial charge >= 0.3 is 0 Å². The first kappa shape index (κ1) is 15.0. The van der Waals surface area contributed by atoms with Crippen molar-refractivity contribution in [3.8, 4) is 0 Å². The van der Waals surface area contributed by atoms with Gasteiger partial charge in [-0.2, -0.15) is 0 Å². The Labute approximate surface area is 135 Å². The number of Topliss-reactive ketones (excluding diaryl/α,β-unsaturated/α-hetero) is 1. The summed E-state index contributed by atoms with van der Waals surface area (Å²) in [5, 5.41) is 0. The Kier molecular flexibility index (Phi) is 3.20. The van der Waals surface area contributed by atoms with Crippen molar-refractivity contribution in [1.29, 1.82) is 0 Å². The molecule has 0 aliphatic heterocycles. The number of rotatable bonds is 0. The monoisotopic (exact) mass is 300 g/mol. The second-order valence-corrected chi connectivity index (χ2v) is 9.54. The van der Waals surface area contributed by atoms with Crippen LogP contribution in [0.3, 0.4) is 0 Å². The van der Waals surface area contributed by atoms with Gasteiger partial charge in [0.15, 0.2) is 0 Å². The predicted octanol–water partition coefficient (Wildman–Crippen LogP) is 5.40. The third-order valence-corrected chi connectivity index (χ3v) is 8.59. The van der Waals surface area contributed by atoms with Gasteiger partial charge in [-0.05, 0) is 73.5 Å². The van der Waals surface area contributed by atoms with Gasteiger partial charge in [0.1, 0.15) is 5.78 Å². The molecule has 4 rings (SSSR count). The molecule has 0 aromatic carbocycles. The molecule has 7 atom stereocenters. The molecule has 0 aromatic heterocycles. The molecule has 3 fully saturated rings. The Hall–Kier alpha value is -0.590. The van der Waals surface area contributed by atoms with E-state index in [0.717, 1.165) is 36.5 Å². The highest BCUT2D eigenvalue weighted by atomic mass is 16.1. The van der Waals surface area contributed by atoms with Crippen molar-refractivity contribution in [3.63, 3.8) is 0 Å². The Morgan fingerprint density at radius 1 is 1.05 bits per heavy atom. The van der Waals surface area contributed by atoms with Gasteiger partial charge in [-0.25, -0.2) is 0 Å². The summed E-state index contributed by atoms with van der Waals surface area (Å²) in [6.45, 7) is 9.75. The lowest BCUT2D eigenvalue weighted by molar-refractivity contribution is -0.132. The van der Waals surface area contributed by atoms with Crippen LogP contribution in [0.1, 0.15) is 72.6 Å².